The van der Waals surface area contributed by atoms with Crippen molar-refractivity contribution in [1.29, 1.82) is 0 Å². The molecule has 1 aromatic heterocycles. The van der Waals surface area contributed by atoms with Crippen LogP contribution < -0.4 is 0 Å². The van der Waals surface area contributed by atoms with Gasteiger partial charge >= 0.3 is 0 Å². The summed E-state index contributed by atoms with van der Waals surface area (Å²) in [6, 6.07) is 0. The molecule has 0 aromatic carbocycles. The van der Waals surface area contributed by atoms with E-state index in [4.69, 9.17) is 11.6 Å². The standard InChI is InChI=1S/C15H25ClN2S/c16-12-14-13-19-15(17-14)8-4-7-11-18-9-5-2-1-3-6-10-18/h13H,1-12H2. The molecule has 2 rings (SSSR count). The molecule has 1 fully saturated rings. The van der Waals surface area contributed by atoms with E-state index < -0.39 is 0 Å². The predicted octanol–water partition coefficient (Wildman–Crippen LogP) is 4.47. The molecule has 0 N–H and O–H groups in total. The van der Waals surface area contributed by atoms with Gasteiger partial charge in [0, 0.05) is 5.38 Å². The molecule has 1 aromatic rings. The summed E-state index contributed by atoms with van der Waals surface area (Å²) in [6.45, 7) is 3.90. The van der Waals surface area contributed by atoms with Gasteiger partial charge in [0.1, 0.15) is 0 Å². The maximum Gasteiger partial charge on any atom is 0.0928 e. The number of hydrogen-bond acceptors (Lipinski definition) is 3. The smallest absolute Gasteiger partial charge is 0.0928 e. The highest BCUT2D eigenvalue weighted by atomic mass is 35.5. The molecular formula is C15H25ClN2S. The van der Waals surface area contributed by atoms with Crippen molar-refractivity contribution in [3.05, 3.63) is 16.1 Å². The van der Waals surface area contributed by atoms with E-state index >= 15 is 0 Å². The maximum atomic E-state index is 5.77. The van der Waals surface area contributed by atoms with Crippen molar-refractivity contribution < 1.29 is 0 Å². The summed E-state index contributed by atoms with van der Waals surface area (Å²) in [6.07, 6.45) is 10.8. The van der Waals surface area contributed by atoms with Crippen LogP contribution >= 0.6 is 22.9 Å². The largest absolute Gasteiger partial charge is 0.303 e. The highest BCUT2D eigenvalue weighted by molar-refractivity contribution is 7.09. The Hall–Kier alpha value is -0.120. The second-order valence-corrected chi connectivity index (χ2v) is 6.64. The fourth-order valence-corrected chi connectivity index (χ4v) is 3.74. The fourth-order valence-electron chi connectivity index (χ4n) is 2.67. The van der Waals surface area contributed by atoms with Gasteiger partial charge in [0.25, 0.3) is 0 Å². The van der Waals surface area contributed by atoms with Gasteiger partial charge in [0.2, 0.25) is 0 Å². The third kappa shape index (κ3) is 5.80. The number of likely N-dealkylation sites (tertiary alicyclic amines) is 1. The number of halogens is 1. The Morgan fingerprint density at radius 1 is 1.11 bits per heavy atom. The normalized spacial score (nSPS) is 18.2. The van der Waals surface area contributed by atoms with E-state index in [0.29, 0.717) is 5.88 Å². The summed E-state index contributed by atoms with van der Waals surface area (Å²) in [5, 5.41) is 3.34. The number of rotatable bonds is 6. The molecule has 4 heteroatoms. The SMILES string of the molecule is ClCc1csc(CCCCN2CCCCCCC2)n1. The lowest BCUT2D eigenvalue weighted by atomic mass is 10.1. The first-order valence-electron chi connectivity index (χ1n) is 7.60. The lowest BCUT2D eigenvalue weighted by molar-refractivity contribution is 0.243. The number of alkyl halides is 1. The lowest BCUT2D eigenvalue weighted by Crippen LogP contribution is -2.28. The molecule has 108 valence electrons. The second kappa shape index (κ2) is 8.93. The summed E-state index contributed by atoms with van der Waals surface area (Å²) in [7, 11) is 0. The Morgan fingerprint density at radius 2 is 1.84 bits per heavy atom. The summed E-state index contributed by atoms with van der Waals surface area (Å²) in [4.78, 5) is 7.17. The monoisotopic (exact) mass is 300 g/mol. The Balaban J connectivity index is 1.60. The van der Waals surface area contributed by atoms with Gasteiger partial charge in [-0.25, -0.2) is 4.98 Å². The molecule has 1 aliphatic heterocycles. The highest BCUT2D eigenvalue weighted by Crippen LogP contribution is 2.15. The van der Waals surface area contributed by atoms with Crippen LogP contribution in [0, 0.1) is 0 Å². The highest BCUT2D eigenvalue weighted by Gasteiger charge is 2.08. The van der Waals surface area contributed by atoms with E-state index in [1.807, 2.05) is 0 Å². The molecular weight excluding hydrogens is 276 g/mol. The van der Waals surface area contributed by atoms with Gasteiger partial charge in [-0.05, 0) is 51.7 Å². The Labute approximate surface area is 126 Å². The average Bonchev–Trinajstić information content (AvgIpc) is 2.84. The number of thiazole rings is 1. The van der Waals surface area contributed by atoms with Crippen molar-refractivity contribution in [2.24, 2.45) is 0 Å². The van der Waals surface area contributed by atoms with E-state index in [2.05, 4.69) is 15.3 Å². The van der Waals surface area contributed by atoms with Gasteiger partial charge in [-0.15, -0.1) is 22.9 Å². The number of aromatic nitrogens is 1. The first-order chi connectivity index (χ1) is 9.38. The van der Waals surface area contributed by atoms with Crippen molar-refractivity contribution in [3.8, 4) is 0 Å². The molecule has 0 atom stereocenters. The average molecular weight is 301 g/mol. The Morgan fingerprint density at radius 3 is 2.53 bits per heavy atom. The molecule has 0 unspecified atom stereocenters. The summed E-state index contributed by atoms with van der Waals surface area (Å²) in [5.74, 6) is 0.546. The van der Waals surface area contributed by atoms with Crippen molar-refractivity contribution in [3.63, 3.8) is 0 Å². The molecule has 0 amide bonds. The van der Waals surface area contributed by atoms with Crippen LogP contribution in [0.3, 0.4) is 0 Å². The van der Waals surface area contributed by atoms with Crippen molar-refractivity contribution in [2.75, 3.05) is 19.6 Å². The molecule has 2 heterocycles. The van der Waals surface area contributed by atoms with Crippen LogP contribution in [0.1, 0.15) is 55.6 Å². The summed E-state index contributed by atoms with van der Waals surface area (Å²) in [5.41, 5.74) is 1.03. The topological polar surface area (TPSA) is 16.1 Å². The molecule has 0 radical (unpaired) electrons. The Kier molecular flexibility index (Phi) is 7.18. The van der Waals surface area contributed by atoms with Crippen LogP contribution in [-0.4, -0.2) is 29.5 Å². The van der Waals surface area contributed by atoms with E-state index in [9.17, 15) is 0 Å². The fraction of sp³-hybridized carbons (Fsp3) is 0.800. The van der Waals surface area contributed by atoms with Crippen molar-refractivity contribution in [2.45, 2.75) is 57.2 Å². The molecule has 2 nitrogen and oxygen atoms in total. The predicted molar refractivity (Wildman–Crippen MR) is 84.1 cm³/mol. The zero-order chi connectivity index (χ0) is 13.3. The number of unbranched alkanes of at least 4 members (excludes halogenated alkanes) is 1. The lowest BCUT2D eigenvalue weighted by Gasteiger charge is -2.24. The third-order valence-corrected chi connectivity index (χ3v) is 5.03. The summed E-state index contributed by atoms with van der Waals surface area (Å²) >= 11 is 7.53. The quantitative estimate of drug-likeness (QED) is 0.569. The minimum Gasteiger partial charge on any atom is -0.303 e. The van der Waals surface area contributed by atoms with Crippen LogP contribution in [0.5, 0.6) is 0 Å². The first kappa shape index (κ1) is 15.3. The van der Waals surface area contributed by atoms with Crippen molar-refractivity contribution >= 4 is 22.9 Å². The zero-order valence-corrected chi connectivity index (χ0v) is 13.3. The molecule has 1 aliphatic rings. The van der Waals surface area contributed by atoms with E-state index in [-0.39, 0.29) is 0 Å². The first-order valence-corrected chi connectivity index (χ1v) is 9.01. The van der Waals surface area contributed by atoms with Crippen LogP contribution in [0.15, 0.2) is 5.38 Å². The molecule has 0 aliphatic carbocycles. The minimum atomic E-state index is 0.546. The van der Waals surface area contributed by atoms with Gasteiger partial charge in [-0.1, -0.05) is 19.3 Å². The van der Waals surface area contributed by atoms with Gasteiger partial charge in [0.05, 0.1) is 16.6 Å². The van der Waals surface area contributed by atoms with Crippen molar-refractivity contribution in [1.82, 2.24) is 9.88 Å². The minimum absolute atomic E-state index is 0.546. The third-order valence-electron chi connectivity index (χ3n) is 3.80. The maximum absolute atomic E-state index is 5.77. The van der Waals surface area contributed by atoms with E-state index in [1.165, 1.54) is 69.6 Å². The van der Waals surface area contributed by atoms with Crippen LogP contribution in [0.4, 0.5) is 0 Å². The number of aryl methyl sites for hydroxylation is 1. The number of nitrogens with zero attached hydrogens (tertiary/aromatic N) is 2. The molecule has 0 saturated carbocycles. The molecule has 0 bridgehead atoms. The van der Waals surface area contributed by atoms with Gasteiger partial charge in [0.15, 0.2) is 0 Å². The van der Waals surface area contributed by atoms with Crippen LogP contribution in [-0.2, 0) is 12.3 Å². The van der Waals surface area contributed by atoms with Crippen LogP contribution in [0.25, 0.3) is 0 Å². The second-order valence-electron chi connectivity index (χ2n) is 5.43. The number of hydrogen-bond donors (Lipinski definition) is 0. The molecule has 0 spiro atoms. The Bertz CT molecular complexity index is 346. The molecule has 1 saturated heterocycles. The van der Waals surface area contributed by atoms with E-state index in [0.717, 1.165) is 12.1 Å². The molecule has 19 heavy (non-hydrogen) atoms. The summed E-state index contributed by atoms with van der Waals surface area (Å²) < 4.78 is 0. The van der Waals surface area contributed by atoms with Gasteiger partial charge in [-0.2, -0.15) is 0 Å². The van der Waals surface area contributed by atoms with E-state index in [1.54, 1.807) is 11.3 Å². The van der Waals surface area contributed by atoms with Gasteiger partial charge < -0.3 is 4.90 Å². The van der Waals surface area contributed by atoms with Gasteiger partial charge in [-0.3, -0.25) is 0 Å². The zero-order valence-electron chi connectivity index (χ0n) is 11.7. The van der Waals surface area contributed by atoms with Crippen LogP contribution in [0.2, 0.25) is 0 Å².